The second-order valence-corrected chi connectivity index (χ2v) is 7.30. The fourth-order valence-corrected chi connectivity index (χ4v) is 4.14. The second kappa shape index (κ2) is 6.48. The summed E-state index contributed by atoms with van der Waals surface area (Å²) < 4.78 is 9.01. The van der Waals surface area contributed by atoms with Crippen LogP contribution in [0.2, 0.25) is 0 Å². The zero-order valence-corrected chi connectivity index (χ0v) is 16.5. The molecule has 7 nitrogen and oxygen atoms in total. The van der Waals surface area contributed by atoms with E-state index in [9.17, 15) is 4.79 Å². The molecule has 0 fully saturated rings. The lowest BCUT2D eigenvalue weighted by Crippen LogP contribution is -2.25. The van der Waals surface area contributed by atoms with Crippen LogP contribution < -0.4 is 10.1 Å². The maximum absolute atomic E-state index is 12.6. The molecule has 7 heteroatoms. The summed E-state index contributed by atoms with van der Waals surface area (Å²) in [6.45, 7) is 1.98. The van der Waals surface area contributed by atoms with Crippen LogP contribution in [0.1, 0.15) is 29.2 Å². The summed E-state index contributed by atoms with van der Waals surface area (Å²) >= 11 is 0. The maximum atomic E-state index is 12.6. The number of hydrogen-bond donors (Lipinski definition) is 1. The van der Waals surface area contributed by atoms with Gasteiger partial charge in [-0.25, -0.2) is 4.98 Å². The fraction of sp³-hybridized carbons (Fsp3) is 0.227. The summed E-state index contributed by atoms with van der Waals surface area (Å²) in [7, 11) is 3.60. The van der Waals surface area contributed by atoms with Crippen LogP contribution in [0.25, 0.3) is 17.0 Å². The number of para-hydroxylation sites is 2. The second-order valence-electron chi connectivity index (χ2n) is 7.30. The minimum Gasteiger partial charge on any atom is -0.497 e. The Bertz CT molecular complexity index is 1240. The number of fused-ring (bicyclic) bond motifs is 2. The predicted octanol–water partition coefficient (Wildman–Crippen LogP) is 3.55. The molecule has 0 radical (unpaired) electrons. The van der Waals surface area contributed by atoms with Crippen LogP contribution in [0.4, 0.5) is 5.82 Å². The summed E-state index contributed by atoms with van der Waals surface area (Å²) in [5, 5.41) is 7.78. The molecular weight excluding hydrogens is 366 g/mol. The number of hydrogen-bond acceptors (Lipinski definition) is 4. The first kappa shape index (κ1) is 17.5. The highest BCUT2D eigenvalue weighted by Gasteiger charge is 2.33. The third-order valence-electron chi connectivity index (χ3n) is 5.57. The van der Waals surface area contributed by atoms with Crippen molar-refractivity contribution in [1.82, 2.24) is 19.3 Å². The van der Waals surface area contributed by atoms with Crippen molar-refractivity contribution in [2.24, 2.45) is 7.05 Å². The summed E-state index contributed by atoms with van der Waals surface area (Å²) in [6, 6.07) is 15.8. The van der Waals surface area contributed by atoms with Gasteiger partial charge in [-0.2, -0.15) is 9.78 Å². The number of rotatable bonds is 3. The first-order valence-corrected chi connectivity index (χ1v) is 9.52. The van der Waals surface area contributed by atoms with E-state index in [-0.39, 0.29) is 11.8 Å². The quantitative estimate of drug-likeness (QED) is 0.583. The van der Waals surface area contributed by atoms with Crippen LogP contribution in [-0.2, 0) is 11.8 Å². The van der Waals surface area contributed by atoms with Crippen molar-refractivity contribution in [2.75, 3.05) is 12.4 Å². The van der Waals surface area contributed by atoms with Gasteiger partial charge in [0.25, 0.3) is 0 Å². The van der Waals surface area contributed by atoms with Gasteiger partial charge in [0.05, 0.1) is 23.8 Å². The molecule has 1 aliphatic rings. The Kier molecular flexibility index (Phi) is 3.91. The monoisotopic (exact) mass is 387 g/mol. The van der Waals surface area contributed by atoms with Gasteiger partial charge in [0, 0.05) is 24.9 Å². The molecule has 1 N–H and O–H groups in total. The molecule has 4 aromatic rings. The first-order chi connectivity index (χ1) is 14.1. The number of ether oxygens (including phenoxy) is 1. The molecule has 146 valence electrons. The minimum atomic E-state index is -0.0620. The molecule has 2 aromatic carbocycles. The van der Waals surface area contributed by atoms with Gasteiger partial charge in [-0.05, 0) is 36.8 Å². The Morgan fingerprint density at radius 1 is 1.14 bits per heavy atom. The number of aryl methyl sites for hydroxylation is 2. The van der Waals surface area contributed by atoms with Crippen LogP contribution in [0.15, 0.2) is 48.5 Å². The maximum Gasteiger partial charge on any atom is 0.233 e. The van der Waals surface area contributed by atoms with Gasteiger partial charge in [0.15, 0.2) is 0 Å². The molecule has 3 heterocycles. The normalized spacial score (nSPS) is 16.0. The molecule has 0 aliphatic carbocycles. The zero-order valence-electron chi connectivity index (χ0n) is 16.5. The molecule has 0 saturated heterocycles. The van der Waals surface area contributed by atoms with Crippen molar-refractivity contribution in [1.29, 1.82) is 0 Å². The van der Waals surface area contributed by atoms with Crippen LogP contribution in [-0.4, -0.2) is 32.3 Å². The van der Waals surface area contributed by atoms with E-state index in [4.69, 9.17) is 14.8 Å². The predicted molar refractivity (Wildman–Crippen MR) is 111 cm³/mol. The van der Waals surface area contributed by atoms with Crippen molar-refractivity contribution < 1.29 is 9.53 Å². The summed E-state index contributed by atoms with van der Waals surface area (Å²) in [5.74, 6) is 2.07. The molecule has 1 aliphatic heterocycles. The van der Waals surface area contributed by atoms with Gasteiger partial charge < -0.3 is 14.6 Å². The SMILES string of the molecule is COc1ccc(C2CC(=O)Nc3c2c(C)nn3-c2nc3ccccc3n2C)cc1. The lowest BCUT2D eigenvalue weighted by molar-refractivity contribution is -0.116. The highest BCUT2D eigenvalue weighted by atomic mass is 16.5. The lowest BCUT2D eigenvalue weighted by Gasteiger charge is -2.24. The third kappa shape index (κ3) is 2.69. The van der Waals surface area contributed by atoms with E-state index < -0.39 is 0 Å². The van der Waals surface area contributed by atoms with E-state index in [0.717, 1.165) is 33.6 Å². The largest absolute Gasteiger partial charge is 0.497 e. The van der Waals surface area contributed by atoms with E-state index >= 15 is 0 Å². The smallest absolute Gasteiger partial charge is 0.233 e. The van der Waals surface area contributed by atoms with E-state index in [2.05, 4.69) is 5.32 Å². The number of amides is 1. The summed E-state index contributed by atoms with van der Waals surface area (Å²) in [6.07, 6.45) is 0.383. The number of nitrogens with one attached hydrogen (secondary N) is 1. The number of anilines is 1. The minimum absolute atomic E-state index is 0.0294. The van der Waals surface area contributed by atoms with E-state index in [0.29, 0.717) is 18.2 Å². The van der Waals surface area contributed by atoms with E-state index in [1.807, 2.05) is 67.1 Å². The number of aromatic nitrogens is 4. The molecule has 1 unspecified atom stereocenters. The van der Waals surface area contributed by atoms with Crippen LogP contribution >= 0.6 is 0 Å². The highest BCUT2D eigenvalue weighted by Crippen LogP contribution is 2.40. The van der Waals surface area contributed by atoms with Crippen molar-refractivity contribution in [3.05, 3.63) is 65.4 Å². The summed E-state index contributed by atoms with van der Waals surface area (Å²) in [5.41, 5.74) is 4.88. The molecule has 5 rings (SSSR count). The molecule has 1 amide bonds. The standard InChI is InChI=1S/C22H21N5O2/c1-13-20-16(14-8-10-15(29-3)11-9-14)12-19(28)24-21(20)27(25-13)22-23-17-6-4-5-7-18(17)26(22)2/h4-11,16H,12H2,1-3H3,(H,24,28). The molecule has 0 saturated carbocycles. The number of methoxy groups -OCH3 is 1. The molecule has 0 spiro atoms. The van der Waals surface area contributed by atoms with Crippen LogP contribution in [0.3, 0.4) is 0 Å². The molecule has 2 aromatic heterocycles. The number of carbonyl (C=O) groups excluding carboxylic acids is 1. The van der Waals surface area contributed by atoms with Gasteiger partial charge >= 0.3 is 0 Å². The highest BCUT2D eigenvalue weighted by molar-refractivity contribution is 5.95. The van der Waals surface area contributed by atoms with Gasteiger partial charge in [-0.1, -0.05) is 24.3 Å². The molecule has 0 bridgehead atoms. The Morgan fingerprint density at radius 3 is 2.62 bits per heavy atom. The number of carbonyl (C=O) groups is 1. The van der Waals surface area contributed by atoms with Gasteiger partial charge in [-0.3, -0.25) is 4.79 Å². The Hall–Kier alpha value is -3.61. The van der Waals surface area contributed by atoms with Crippen LogP contribution in [0, 0.1) is 6.92 Å². The van der Waals surface area contributed by atoms with Gasteiger partial charge in [0.2, 0.25) is 11.9 Å². The van der Waals surface area contributed by atoms with Gasteiger partial charge in [-0.15, -0.1) is 0 Å². The summed E-state index contributed by atoms with van der Waals surface area (Å²) in [4.78, 5) is 17.3. The van der Waals surface area contributed by atoms with Crippen LogP contribution in [0.5, 0.6) is 5.75 Å². The number of benzene rings is 2. The lowest BCUT2D eigenvalue weighted by atomic mass is 9.86. The van der Waals surface area contributed by atoms with Crippen molar-refractivity contribution in [3.8, 4) is 11.7 Å². The molecule has 1 atom stereocenters. The number of imidazole rings is 1. The van der Waals surface area contributed by atoms with Gasteiger partial charge in [0.1, 0.15) is 11.6 Å². The average Bonchev–Trinajstić information content (AvgIpc) is 3.24. The number of nitrogens with zero attached hydrogens (tertiary/aromatic N) is 4. The zero-order chi connectivity index (χ0) is 20.1. The molecule has 29 heavy (non-hydrogen) atoms. The fourth-order valence-electron chi connectivity index (χ4n) is 4.14. The Labute approximate surface area is 167 Å². The third-order valence-corrected chi connectivity index (χ3v) is 5.57. The van der Waals surface area contributed by atoms with Crippen molar-refractivity contribution in [2.45, 2.75) is 19.3 Å². The Morgan fingerprint density at radius 2 is 1.90 bits per heavy atom. The van der Waals surface area contributed by atoms with E-state index in [1.54, 1.807) is 11.8 Å². The first-order valence-electron chi connectivity index (χ1n) is 9.52. The van der Waals surface area contributed by atoms with E-state index in [1.165, 1.54) is 0 Å². The Balaban J connectivity index is 1.67. The van der Waals surface area contributed by atoms with Crippen molar-refractivity contribution in [3.63, 3.8) is 0 Å². The van der Waals surface area contributed by atoms with Crippen molar-refractivity contribution >= 4 is 22.8 Å². The molecular formula is C22H21N5O2. The average molecular weight is 387 g/mol. The topological polar surface area (TPSA) is 74.0 Å².